The van der Waals surface area contributed by atoms with E-state index in [1.165, 1.54) is 6.07 Å². The fourth-order valence-electron chi connectivity index (χ4n) is 4.26. The molecule has 0 unspecified atom stereocenters. The molecule has 0 aliphatic heterocycles. The zero-order valence-corrected chi connectivity index (χ0v) is 17.2. The fraction of sp³-hybridized carbons (Fsp3) is 0.375. The van der Waals surface area contributed by atoms with Gasteiger partial charge in [0.15, 0.2) is 0 Å². The molecule has 0 saturated heterocycles. The molecule has 0 bridgehead atoms. The molecular weight excluding hydrogens is 383 g/mol. The van der Waals surface area contributed by atoms with Crippen molar-refractivity contribution in [1.29, 1.82) is 0 Å². The molecule has 158 valence electrons. The van der Waals surface area contributed by atoms with Gasteiger partial charge in [-0.05, 0) is 62.1 Å². The monoisotopic (exact) mass is 410 g/mol. The highest BCUT2D eigenvalue weighted by Gasteiger charge is 2.26. The van der Waals surface area contributed by atoms with Crippen molar-refractivity contribution in [2.24, 2.45) is 0 Å². The second-order valence-electron chi connectivity index (χ2n) is 7.53. The van der Waals surface area contributed by atoms with E-state index in [0.29, 0.717) is 19.3 Å². The first kappa shape index (κ1) is 20.4. The molecule has 1 aliphatic rings. The second-order valence-corrected chi connectivity index (χ2v) is 7.53. The topological polar surface area (TPSA) is 52.5 Å². The number of hydrogen-bond donors (Lipinski definition) is 1. The summed E-state index contributed by atoms with van der Waals surface area (Å²) >= 11 is 0. The molecule has 1 heterocycles. The maximum Gasteiger partial charge on any atom is 0.325 e. The first-order chi connectivity index (χ1) is 14.7. The number of halogens is 1. The van der Waals surface area contributed by atoms with Gasteiger partial charge in [0.25, 0.3) is 0 Å². The van der Waals surface area contributed by atoms with Crippen molar-refractivity contribution in [3.05, 3.63) is 65.6 Å². The quantitative estimate of drug-likeness (QED) is 0.453. The Balaban J connectivity index is 1.46. The lowest BCUT2D eigenvalue weighted by Crippen LogP contribution is -2.37. The number of fused-ring (bicyclic) bond motifs is 3. The van der Waals surface area contributed by atoms with Crippen molar-refractivity contribution < 1.29 is 18.7 Å². The third-order valence-electron chi connectivity index (χ3n) is 5.57. The van der Waals surface area contributed by atoms with Crippen LogP contribution in [0.15, 0.2) is 48.5 Å². The summed E-state index contributed by atoms with van der Waals surface area (Å²) in [7, 11) is 0. The van der Waals surface area contributed by atoms with E-state index in [0.717, 1.165) is 53.7 Å². The first-order valence-corrected chi connectivity index (χ1v) is 10.5. The Labute approximate surface area is 175 Å². The molecule has 3 aromatic rings. The maximum atomic E-state index is 14.0. The molecule has 0 radical (unpaired) electrons. The van der Waals surface area contributed by atoms with Gasteiger partial charge in [-0.25, -0.2) is 4.39 Å². The van der Waals surface area contributed by atoms with Crippen molar-refractivity contribution in [2.75, 3.05) is 19.8 Å². The lowest BCUT2D eigenvalue weighted by molar-refractivity contribution is -0.143. The third-order valence-corrected chi connectivity index (χ3v) is 5.57. The number of benzene rings is 2. The number of hydrogen-bond acceptors (Lipinski definition) is 4. The lowest BCUT2D eigenvalue weighted by Gasteiger charge is -2.25. The van der Waals surface area contributed by atoms with Crippen molar-refractivity contribution >= 4 is 16.9 Å². The van der Waals surface area contributed by atoms with Crippen LogP contribution in [0, 0.1) is 5.82 Å². The summed E-state index contributed by atoms with van der Waals surface area (Å²) in [5, 5.41) is 4.45. The van der Waals surface area contributed by atoms with Gasteiger partial charge in [-0.3, -0.25) is 4.79 Å². The van der Waals surface area contributed by atoms with Crippen LogP contribution in [0.4, 0.5) is 4.39 Å². The van der Waals surface area contributed by atoms with Crippen LogP contribution < -0.4 is 10.1 Å². The molecule has 2 aromatic carbocycles. The van der Waals surface area contributed by atoms with Crippen LogP contribution in [0.2, 0.25) is 0 Å². The molecule has 0 fully saturated rings. The van der Waals surface area contributed by atoms with Crippen LogP contribution in [-0.2, 0) is 28.9 Å². The van der Waals surface area contributed by atoms with Gasteiger partial charge < -0.3 is 19.4 Å². The zero-order valence-electron chi connectivity index (χ0n) is 17.2. The zero-order chi connectivity index (χ0) is 20.9. The van der Waals surface area contributed by atoms with E-state index in [1.54, 1.807) is 19.1 Å². The van der Waals surface area contributed by atoms with E-state index in [1.807, 2.05) is 34.9 Å². The second kappa shape index (κ2) is 9.30. The number of esters is 1. The highest BCUT2D eigenvalue weighted by atomic mass is 19.1. The van der Waals surface area contributed by atoms with E-state index in [4.69, 9.17) is 9.47 Å². The van der Waals surface area contributed by atoms with Crippen LogP contribution in [0.1, 0.15) is 24.6 Å². The van der Waals surface area contributed by atoms with E-state index in [-0.39, 0.29) is 18.3 Å². The summed E-state index contributed by atoms with van der Waals surface area (Å²) in [4.78, 5) is 12.1. The van der Waals surface area contributed by atoms with Gasteiger partial charge in [-0.2, -0.15) is 0 Å². The number of nitrogens with zero attached hydrogens (tertiary/aromatic N) is 1. The summed E-state index contributed by atoms with van der Waals surface area (Å²) in [6, 6.07) is 14.8. The lowest BCUT2D eigenvalue weighted by atomic mass is 9.91. The van der Waals surface area contributed by atoms with Crippen LogP contribution in [0.3, 0.4) is 0 Å². The minimum absolute atomic E-state index is 0.161. The Bertz CT molecular complexity index is 1020. The van der Waals surface area contributed by atoms with E-state index in [2.05, 4.69) is 5.32 Å². The van der Waals surface area contributed by atoms with Crippen LogP contribution in [0.5, 0.6) is 5.75 Å². The molecular formula is C24H27FN2O3. The largest absolute Gasteiger partial charge is 0.492 e. The van der Waals surface area contributed by atoms with Gasteiger partial charge in [0.2, 0.25) is 0 Å². The predicted molar refractivity (Wildman–Crippen MR) is 114 cm³/mol. The Kier molecular flexibility index (Phi) is 6.33. The van der Waals surface area contributed by atoms with Crippen molar-refractivity contribution in [3.63, 3.8) is 0 Å². The highest BCUT2D eigenvalue weighted by molar-refractivity contribution is 5.87. The standard InChI is InChI=1S/C24H27FN2O3/c1-2-29-24(28)16-27-22-10-8-17(25)14-20(22)21-15-18(9-11-23(21)27)26-12-13-30-19-6-4-3-5-7-19/h3-8,10,14,18,26H,2,9,11-13,15-16H2,1H3/t18-/m0/s1. The summed E-state index contributed by atoms with van der Waals surface area (Å²) in [6.45, 7) is 3.64. The Morgan fingerprint density at radius 3 is 2.87 bits per heavy atom. The van der Waals surface area contributed by atoms with Crippen LogP contribution in [-0.4, -0.2) is 36.3 Å². The van der Waals surface area contributed by atoms with Crippen molar-refractivity contribution in [2.45, 2.75) is 38.8 Å². The molecule has 30 heavy (non-hydrogen) atoms. The van der Waals surface area contributed by atoms with E-state index in [9.17, 15) is 9.18 Å². The van der Waals surface area contributed by atoms with Crippen LogP contribution >= 0.6 is 0 Å². The molecule has 1 atom stereocenters. The van der Waals surface area contributed by atoms with Gasteiger partial charge in [0, 0.05) is 29.2 Å². The molecule has 4 rings (SSSR count). The molecule has 1 aromatic heterocycles. The number of ether oxygens (including phenoxy) is 2. The molecule has 5 nitrogen and oxygen atoms in total. The number of para-hydroxylation sites is 1. The Morgan fingerprint density at radius 1 is 1.23 bits per heavy atom. The normalized spacial score (nSPS) is 15.7. The number of aromatic nitrogens is 1. The first-order valence-electron chi connectivity index (χ1n) is 10.5. The molecule has 0 amide bonds. The SMILES string of the molecule is CCOC(=O)Cn1c2c(c3cc(F)ccc31)C[C@@H](NCCOc1ccccc1)CC2. The summed E-state index contributed by atoms with van der Waals surface area (Å²) in [6.07, 6.45) is 2.60. The van der Waals surface area contributed by atoms with Gasteiger partial charge in [0.1, 0.15) is 24.7 Å². The summed E-state index contributed by atoms with van der Waals surface area (Å²) in [5.74, 6) is 0.340. The predicted octanol–water partition coefficient (Wildman–Crippen LogP) is 3.87. The third kappa shape index (κ3) is 4.49. The number of rotatable bonds is 8. The van der Waals surface area contributed by atoms with Crippen molar-refractivity contribution in [1.82, 2.24) is 9.88 Å². The number of carbonyl (C=O) groups excluding carboxylic acids is 1. The summed E-state index contributed by atoms with van der Waals surface area (Å²) in [5.41, 5.74) is 3.13. The number of nitrogens with one attached hydrogen (secondary N) is 1. The van der Waals surface area contributed by atoms with Gasteiger partial charge >= 0.3 is 5.97 Å². The molecule has 1 N–H and O–H groups in total. The summed E-state index contributed by atoms with van der Waals surface area (Å²) < 4.78 is 26.9. The van der Waals surface area contributed by atoms with E-state index >= 15 is 0 Å². The minimum atomic E-state index is -0.264. The Morgan fingerprint density at radius 2 is 2.07 bits per heavy atom. The average Bonchev–Trinajstić information content (AvgIpc) is 3.04. The Hall–Kier alpha value is -2.86. The molecule has 6 heteroatoms. The molecule has 1 aliphatic carbocycles. The van der Waals surface area contributed by atoms with Crippen LogP contribution in [0.25, 0.3) is 10.9 Å². The van der Waals surface area contributed by atoms with Gasteiger partial charge in [-0.15, -0.1) is 0 Å². The fourth-order valence-corrected chi connectivity index (χ4v) is 4.26. The van der Waals surface area contributed by atoms with Crippen molar-refractivity contribution in [3.8, 4) is 5.75 Å². The van der Waals surface area contributed by atoms with Gasteiger partial charge in [-0.1, -0.05) is 18.2 Å². The van der Waals surface area contributed by atoms with Gasteiger partial charge in [0.05, 0.1) is 6.61 Å². The van der Waals surface area contributed by atoms with E-state index < -0.39 is 0 Å². The average molecular weight is 410 g/mol. The maximum absolute atomic E-state index is 14.0. The molecule has 0 spiro atoms. The number of carbonyl (C=O) groups is 1. The smallest absolute Gasteiger partial charge is 0.325 e. The minimum Gasteiger partial charge on any atom is -0.492 e. The molecule has 0 saturated carbocycles. The highest BCUT2D eigenvalue weighted by Crippen LogP contribution is 2.33.